The number of amides is 1. The van der Waals surface area contributed by atoms with Crippen LogP contribution in [0.5, 0.6) is 0 Å². The molecular weight excluding hydrogens is 333 g/mol. The number of carbonyl (C=O) groups excluding carboxylic acids is 1. The maximum atomic E-state index is 13.1. The van der Waals surface area contributed by atoms with Gasteiger partial charge >= 0.3 is 0 Å². The second kappa shape index (κ2) is 6.24. The molecule has 19 heavy (non-hydrogen) atoms. The van der Waals surface area contributed by atoms with Crippen LogP contribution in [0.2, 0.25) is 0 Å². The molecule has 0 spiro atoms. The fraction of sp³-hybridized carbons (Fsp3) is 0.462. The van der Waals surface area contributed by atoms with Crippen molar-refractivity contribution in [1.29, 1.82) is 0 Å². The standard InChI is InChI=1S/C13H15BrFNO2S/c14-10-7-9(1-2-11(10)15)12(17)16-8-13(18)3-5-19-6-4-13/h1-2,7,18H,3-6,8H2,(H,16,17). The van der Waals surface area contributed by atoms with Crippen molar-refractivity contribution in [3.05, 3.63) is 34.1 Å². The summed E-state index contributed by atoms with van der Waals surface area (Å²) in [5, 5.41) is 13.0. The van der Waals surface area contributed by atoms with E-state index in [1.54, 1.807) is 0 Å². The predicted octanol–water partition coefficient (Wildman–Crippen LogP) is 2.58. The van der Waals surface area contributed by atoms with Gasteiger partial charge in [0.15, 0.2) is 0 Å². The fourth-order valence-electron chi connectivity index (χ4n) is 1.91. The lowest BCUT2D eigenvalue weighted by molar-refractivity contribution is 0.0311. The molecule has 1 aliphatic heterocycles. The Labute approximate surface area is 124 Å². The van der Waals surface area contributed by atoms with Crippen molar-refractivity contribution >= 4 is 33.6 Å². The summed E-state index contributed by atoms with van der Waals surface area (Å²) in [5.41, 5.74) is -0.430. The van der Waals surface area contributed by atoms with Gasteiger partial charge in [-0.2, -0.15) is 11.8 Å². The van der Waals surface area contributed by atoms with Gasteiger partial charge in [-0.15, -0.1) is 0 Å². The molecule has 104 valence electrons. The van der Waals surface area contributed by atoms with Gasteiger partial charge in [0, 0.05) is 12.1 Å². The molecule has 1 amide bonds. The highest BCUT2D eigenvalue weighted by molar-refractivity contribution is 9.10. The van der Waals surface area contributed by atoms with Crippen LogP contribution < -0.4 is 5.32 Å². The smallest absolute Gasteiger partial charge is 0.251 e. The van der Waals surface area contributed by atoms with Crippen LogP contribution in [0.25, 0.3) is 0 Å². The van der Waals surface area contributed by atoms with Crippen molar-refractivity contribution in [2.75, 3.05) is 18.1 Å². The SMILES string of the molecule is O=C(NCC1(O)CCSCC1)c1ccc(F)c(Br)c1. The van der Waals surface area contributed by atoms with Crippen LogP contribution in [0.4, 0.5) is 4.39 Å². The summed E-state index contributed by atoms with van der Waals surface area (Å²) in [6.45, 7) is 0.237. The van der Waals surface area contributed by atoms with E-state index in [1.165, 1.54) is 18.2 Å². The van der Waals surface area contributed by atoms with Crippen molar-refractivity contribution in [2.24, 2.45) is 0 Å². The minimum atomic E-state index is -0.807. The first-order chi connectivity index (χ1) is 9.00. The third kappa shape index (κ3) is 3.94. The first-order valence-corrected chi connectivity index (χ1v) is 7.98. The van der Waals surface area contributed by atoms with Crippen LogP contribution in [0.3, 0.4) is 0 Å². The van der Waals surface area contributed by atoms with E-state index in [4.69, 9.17) is 0 Å². The lowest BCUT2D eigenvalue weighted by atomic mass is 9.97. The third-order valence-electron chi connectivity index (χ3n) is 3.18. The average molecular weight is 348 g/mol. The van der Waals surface area contributed by atoms with Crippen molar-refractivity contribution < 1.29 is 14.3 Å². The van der Waals surface area contributed by atoms with Gasteiger partial charge in [-0.1, -0.05) is 0 Å². The van der Waals surface area contributed by atoms with Crippen LogP contribution in [0.15, 0.2) is 22.7 Å². The molecule has 1 aromatic rings. The van der Waals surface area contributed by atoms with Crippen molar-refractivity contribution in [3.63, 3.8) is 0 Å². The predicted molar refractivity (Wildman–Crippen MR) is 77.9 cm³/mol. The summed E-state index contributed by atoms with van der Waals surface area (Å²) >= 11 is 4.86. The zero-order valence-corrected chi connectivity index (χ0v) is 12.7. The Bertz CT molecular complexity index is 478. The Morgan fingerprint density at radius 2 is 2.16 bits per heavy atom. The number of thioether (sulfide) groups is 1. The minimum absolute atomic E-state index is 0.237. The number of carbonyl (C=O) groups is 1. The molecule has 1 fully saturated rings. The summed E-state index contributed by atoms with van der Waals surface area (Å²) in [5.74, 6) is 1.12. The Morgan fingerprint density at radius 3 is 2.79 bits per heavy atom. The van der Waals surface area contributed by atoms with Gasteiger partial charge in [-0.25, -0.2) is 4.39 Å². The molecule has 0 bridgehead atoms. The second-order valence-corrected chi connectivity index (χ2v) is 6.73. The average Bonchev–Trinajstić information content (AvgIpc) is 2.40. The Morgan fingerprint density at radius 1 is 1.47 bits per heavy atom. The Kier molecular flexibility index (Phi) is 4.86. The summed E-state index contributed by atoms with van der Waals surface area (Å²) in [4.78, 5) is 11.9. The zero-order chi connectivity index (χ0) is 13.9. The molecule has 0 radical (unpaired) electrons. The Hall–Kier alpha value is -0.590. The van der Waals surface area contributed by atoms with E-state index in [0.717, 1.165) is 11.5 Å². The number of rotatable bonds is 3. The van der Waals surface area contributed by atoms with Crippen molar-refractivity contribution in [1.82, 2.24) is 5.32 Å². The van der Waals surface area contributed by atoms with Gasteiger partial charge in [0.1, 0.15) is 5.82 Å². The maximum absolute atomic E-state index is 13.1. The number of hydrogen-bond acceptors (Lipinski definition) is 3. The largest absolute Gasteiger partial charge is 0.388 e. The van der Waals surface area contributed by atoms with Crippen LogP contribution in [-0.2, 0) is 0 Å². The lowest BCUT2D eigenvalue weighted by Gasteiger charge is -2.31. The number of hydrogen-bond donors (Lipinski definition) is 2. The van der Waals surface area contributed by atoms with Crippen LogP contribution in [-0.4, -0.2) is 34.7 Å². The molecule has 6 heteroatoms. The van der Waals surface area contributed by atoms with Gasteiger partial charge in [0.25, 0.3) is 5.91 Å². The molecule has 3 nitrogen and oxygen atoms in total. The first kappa shape index (κ1) is 14.8. The van der Waals surface area contributed by atoms with E-state index in [-0.39, 0.29) is 16.9 Å². The molecule has 1 saturated heterocycles. The van der Waals surface area contributed by atoms with Crippen LogP contribution >= 0.6 is 27.7 Å². The van der Waals surface area contributed by atoms with E-state index in [9.17, 15) is 14.3 Å². The maximum Gasteiger partial charge on any atom is 0.251 e. The van der Waals surface area contributed by atoms with Gasteiger partial charge in [-0.3, -0.25) is 4.79 Å². The summed E-state index contributed by atoms with van der Waals surface area (Å²) < 4.78 is 13.3. The zero-order valence-electron chi connectivity index (χ0n) is 10.3. The lowest BCUT2D eigenvalue weighted by Crippen LogP contribution is -2.45. The molecule has 1 aliphatic rings. The second-order valence-electron chi connectivity index (χ2n) is 4.65. The molecule has 2 N–H and O–H groups in total. The monoisotopic (exact) mass is 347 g/mol. The van der Waals surface area contributed by atoms with E-state index in [0.29, 0.717) is 18.4 Å². The van der Waals surface area contributed by atoms with Crippen LogP contribution in [0, 0.1) is 5.82 Å². The highest BCUT2D eigenvalue weighted by atomic mass is 79.9. The summed E-state index contributed by atoms with van der Waals surface area (Å²) in [6, 6.07) is 4.10. The minimum Gasteiger partial charge on any atom is -0.388 e. The van der Waals surface area contributed by atoms with E-state index < -0.39 is 11.4 Å². The summed E-state index contributed by atoms with van der Waals surface area (Å²) in [7, 11) is 0. The van der Waals surface area contributed by atoms with Gasteiger partial charge in [0.05, 0.1) is 10.1 Å². The third-order valence-corrected chi connectivity index (χ3v) is 4.78. The molecule has 1 heterocycles. The summed E-state index contributed by atoms with van der Waals surface area (Å²) in [6.07, 6.45) is 1.37. The van der Waals surface area contributed by atoms with Gasteiger partial charge in [0.2, 0.25) is 0 Å². The van der Waals surface area contributed by atoms with E-state index in [2.05, 4.69) is 21.2 Å². The van der Waals surface area contributed by atoms with Gasteiger partial charge < -0.3 is 10.4 Å². The number of halogens is 2. The van der Waals surface area contributed by atoms with Crippen molar-refractivity contribution in [2.45, 2.75) is 18.4 Å². The van der Waals surface area contributed by atoms with E-state index >= 15 is 0 Å². The molecule has 0 aliphatic carbocycles. The van der Waals surface area contributed by atoms with Crippen molar-refractivity contribution in [3.8, 4) is 0 Å². The highest BCUT2D eigenvalue weighted by Crippen LogP contribution is 2.26. The number of nitrogens with one attached hydrogen (secondary N) is 1. The Balaban J connectivity index is 1.95. The van der Waals surface area contributed by atoms with Gasteiger partial charge in [-0.05, 0) is 58.5 Å². The molecule has 0 atom stereocenters. The quantitative estimate of drug-likeness (QED) is 0.883. The topological polar surface area (TPSA) is 49.3 Å². The molecule has 2 rings (SSSR count). The molecule has 0 saturated carbocycles. The number of aliphatic hydroxyl groups is 1. The fourth-order valence-corrected chi connectivity index (χ4v) is 3.54. The first-order valence-electron chi connectivity index (χ1n) is 6.04. The normalized spacial score (nSPS) is 18.1. The van der Waals surface area contributed by atoms with Crippen LogP contribution in [0.1, 0.15) is 23.2 Å². The molecule has 0 unspecified atom stereocenters. The molecule has 0 aromatic heterocycles. The highest BCUT2D eigenvalue weighted by Gasteiger charge is 2.29. The molecular formula is C13H15BrFNO2S. The number of benzene rings is 1. The van der Waals surface area contributed by atoms with E-state index in [1.807, 2.05) is 11.8 Å². The molecule has 1 aromatic carbocycles.